The largest absolute Gasteiger partial charge is 0.338 e. The summed E-state index contributed by atoms with van der Waals surface area (Å²) in [5.41, 5.74) is 6.10. The average molecular weight is 256 g/mol. The van der Waals surface area contributed by atoms with Gasteiger partial charge in [-0.1, -0.05) is 18.0 Å². The van der Waals surface area contributed by atoms with Crippen molar-refractivity contribution in [3.8, 4) is 0 Å². The van der Waals surface area contributed by atoms with E-state index in [2.05, 4.69) is 10.6 Å². The Morgan fingerprint density at radius 2 is 1.88 bits per heavy atom. The molecule has 4 N–H and O–H groups in total. The van der Waals surface area contributed by atoms with Gasteiger partial charge in [0.2, 0.25) is 0 Å². The minimum Gasteiger partial charge on any atom is -0.338 e. The van der Waals surface area contributed by atoms with Crippen LogP contribution >= 0.6 is 11.6 Å². The number of halogens is 1. The molecule has 0 fully saturated rings. The number of hydrogen-bond donors (Lipinski definition) is 3. The van der Waals surface area contributed by atoms with Crippen molar-refractivity contribution >= 4 is 23.3 Å². The van der Waals surface area contributed by atoms with E-state index in [-0.39, 0.29) is 6.03 Å². The molecule has 1 rings (SSSR count). The van der Waals surface area contributed by atoms with Gasteiger partial charge in [0.25, 0.3) is 0 Å². The van der Waals surface area contributed by atoms with Crippen LogP contribution in [0.5, 0.6) is 0 Å². The molecule has 0 spiro atoms. The Labute approximate surface area is 107 Å². The number of urea groups is 1. The standard InChI is InChI=1S/C12H18ClN3O/c13-10-4-6-11(7-5-10)16-12(17)15-9-3-1-2-8-14/h4-7H,1-3,8-9,14H2,(H2,15,16,17). The zero-order valence-corrected chi connectivity index (χ0v) is 10.5. The smallest absolute Gasteiger partial charge is 0.319 e. The van der Waals surface area contributed by atoms with Gasteiger partial charge in [-0.2, -0.15) is 0 Å². The Kier molecular flexibility index (Phi) is 6.43. The molecule has 1 aromatic carbocycles. The van der Waals surface area contributed by atoms with Crippen molar-refractivity contribution in [3.63, 3.8) is 0 Å². The van der Waals surface area contributed by atoms with Crippen LogP contribution in [0.4, 0.5) is 10.5 Å². The monoisotopic (exact) mass is 255 g/mol. The average Bonchev–Trinajstić information content (AvgIpc) is 2.32. The van der Waals surface area contributed by atoms with Crippen LogP contribution < -0.4 is 16.4 Å². The Morgan fingerprint density at radius 3 is 2.53 bits per heavy atom. The molecule has 0 aromatic heterocycles. The zero-order chi connectivity index (χ0) is 12.5. The number of rotatable bonds is 6. The topological polar surface area (TPSA) is 67.1 Å². The van der Waals surface area contributed by atoms with Crippen LogP contribution in [0, 0.1) is 0 Å². The summed E-state index contributed by atoms with van der Waals surface area (Å²) in [5, 5.41) is 6.16. The van der Waals surface area contributed by atoms with Crippen LogP contribution in [0.2, 0.25) is 5.02 Å². The van der Waals surface area contributed by atoms with Gasteiger partial charge in [0.1, 0.15) is 0 Å². The van der Waals surface area contributed by atoms with Crippen LogP contribution in [0.25, 0.3) is 0 Å². The molecule has 4 nitrogen and oxygen atoms in total. The lowest BCUT2D eigenvalue weighted by Crippen LogP contribution is -2.29. The summed E-state index contributed by atoms with van der Waals surface area (Å²) in [7, 11) is 0. The minimum absolute atomic E-state index is 0.194. The molecule has 0 aliphatic carbocycles. The van der Waals surface area contributed by atoms with Gasteiger partial charge in [-0.05, 0) is 43.7 Å². The lowest BCUT2D eigenvalue weighted by atomic mass is 10.2. The highest BCUT2D eigenvalue weighted by Crippen LogP contribution is 2.12. The van der Waals surface area contributed by atoms with Gasteiger partial charge in [-0.3, -0.25) is 0 Å². The first kappa shape index (κ1) is 13.8. The van der Waals surface area contributed by atoms with E-state index in [1.807, 2.05) is 0 Å². The van der Waals surface area contributed by atoms with Gasteiger partial charge in [0, 0.05) is 17.3 Å². The molecule has 0 saturated heterocycles. The van der Waals surface area contributed by atoms with Crippen LogP contribution in [0.15, 0.2) is 24.3 Å². The van der Waals surface area contributed by atoms with Crippen molar-refractivity contribution in [1.82, 2.24) is 5.32 Å². The molecule has 0 aliphatic heterocycles. The second-order valence-electron chi connectivity index (χ2n) is 3.74. The maximum absolute atomic E-state index is 11.5. The summed E-state index contributed by atoms with van der Waals surface area (Å²) in [5.74, 6) is 0. The third kappa shape index (κ3) is 6.14. The highest BCUT2D eigenvalue weighted by atomic mass is 35.5. The molecular formula is C12H18ClN3O. The maximum Gasteiger partial charge on any atom is 0.319 e. The fraction of sp³-hybridized carbons (Fsp3) is 0.417. The summed E-state index contributed by atoms with van der Waals surface area (Å²) in [6.07, 6.45) is 2.99. The summed E-state index contributed by atoms with van der Waals surface area (Å²) in [6.45, 7) is 1.37. The maximum atomic E-state index is 11.5. The van der Waals surface area contributed by atoms with Crippen molar-refractivity contribution in [2.45, 2.75) is 19.3 Å². The van der Waals surface area contributed by atoms with E-state index in [9.17, 15) is 4.79 Å². The van der Waals surface area contributed by atoms with Gasteiger partial charge < -0.3 is 16.4 Å². The normalized spacial score (nSPS) is 10.0. The molecule has 0 aliphatic rings. The van der Waals surface area contributed by atoms with Crippen molar-refractivity contribution in [3.05, 3.63) is 29.3 Å². The summed E-state index contributed by atoms with van der Waals surface area (Å²) in [6, 6.07) is 6.80. The van der Waals surface area contributed by atoms with E-state index >= 15 is 0 Å². The number of carbonyl (C=O) groups is 1. The summed E-state index contributed by atoms with van der Waals surface area (Å²) in [4.78, 5) is 11.5. The van der Waals surface area contributed by atoms with Crippen LogP contribution in [-0.2, 0) is 0 Å². The number of anilines is 1. The van der Waals surface area contributed by atoms with E-state index in [0.29, 0.717) is 18.1 Å². The first-order valence-electron chi connectivity index (χ1n) is 5.73. The van der Waals surface area contributed by atoms with E-state index in [1.165, 1.54) is 0 Å². The predicted octanol–water partition coefficient (Wildman–Crippen LogP) is 2.59. The molecule has 0 heterocycles. The number of nitrogens with two attached hydrogens (primary N) is 1. The van der Waals surface area contributed by atoms with Gasteiger partial charge in [-0.15, -0.1) is 0 Å². The molecule has 0 atom stereocenters. The molecule has 17 heavy (non-hydrogen) atoms. The summed E-state index contributed by atoms with van der Waals surface area (Å²) >= 11 is 5.74. The van der Waals surface area contributed by atoms with E-state index in [1.54, 1.807) is 24.3 Å². The predicted molar refractivity (Wildman–Crippen MR) is 71.4 cm³/mol. The number of hydrogen-bond acceptors (Lipinski definition) is 2. The number of nitrogens with one attached hydrogen (secondary N) is 2. The molecular weight excluding hydrogens is 238 g/mol. The lowest BCUT2D eigenvalue weighted by molar-refractivity contribution is 0.252. The van der Waals surface area contributed by atoms with Crippen molar-refractivity contribution in [2.24, 2.45) is 5.73 Å². The van der Waals surface area contributed by atoms with E-state index < -0.39 is 0 Å². The SMILES string of the molecule is NCCCCCNC(=O)Nc1ccc(Cl)cc1. The van der Waals surface area contributed by atoms with Gasteiger partial charge >= 0.3 is 6.03 Å². The van der Waals surface area contributed by atoms with Crippen LogP contribution in [0.1, 0.15) is 19.3 Å². The van der Waals surface area contributed by atoms with Crippen molar-refractivity contribution < 1.29 is 4.79 Å². The van der Waals surface area contributed by atoms with E-state index in [0.717, 1.165) is 24.9 Å². The molecule has 5 heteroatoms. The number of carbonyl (C=O) groups excluding carboxylic acids is 1. The minimum atomic E-state index is -0.194. The Hall–Kier alpha value is -1.26. The second-order valence-corrected chi connectivity index (χ2v) is 4.17. The number of unbranched alkanes of at least 4 members (excludes halogenated alkanes) is 2. The third-order valence-electron chi connectivity index (χ3n) is 2.27. The van der Waals surface area contributed by atoms with Crippen molar-refractivity contribution in [2.75, 3.05) is 18.4 Å². The van der Waals surface area contributed by atoms with Gasteiger partial charge in [0.05, 0.1) is 0 Å². The second kappa shape index (κ2) is 7.92. The van der Waals surface area contributed by atoms with Crippen LogP contribution in [0.3, 0.4) is 0 Å². The van der Waals surface area contributed by atoms with Crippen molar-refractivity contribution in [1.29, 1.82) is 0 Å². The van der Waals surface area contributed by atoms with Gasteiger partial charge in [-0.25, -0.2) is 4.79 Å². The molecule has 0 saturated carbocycles. The fourth-order valence-electron chi connectivity index (χ4n) is 1.36. The highest BCUT2D eigenvalue weighted by Gasteiger charge is 2.00. The Bertz CT molecular complexity index is 340. The quantitative estimate of drug-likeness (QED) is 0.684. The first-order chi connectivity index (χ1) is 8.22. The number of amides is 2. The first-order valence-corrected chi connectivity index (χ1v) is 6.10. The number of benzene rings is 1. The Morgan fingerprint density at radius 1 is 1.18 bits per heavy atom. The fourth-order valence-corrected chi connectivity index (χ4v) is 1.48. The van der Waals surface area contributed by atoms with Crippen LogP contribution in [-0.4, -0.2) is 19.1 Å². The highest BCUT2D eigenvalue weighted by molar-refractivity contribution is 6.30. The summed E-state index contributed by atoms with van der Waals surface area (Å²) < 4.78 is 0. The molecule has 0 radical (unpaired) electrons. The lowest BCUT2D eigenvalue weighted by Gasteiger charge is -2.07. The van der Waals surface area contributed by atoms with Gasteiger partial charge in [0.15, 0.2) is 0 Å². The molecule has 2 amide bonds. The molecule has 1 aromatic rings. The molecule has 0 unspecified atom stereocenters. The zero-order valence-electron chi connectivity index (χ0n) is 9.71. The molecule has 0 bridgehead atoms. The Balaban J connectivity index is 2.18. The third-order valence-corrected chi connectivity index (χ3v) is 2.52. The van der Waals surface area contributed by atoms with E-state index in [4.69, 9.17) is 17.3 Å². The molecule has 94 valence electrons.